The van der Waals surface area contributed by atoms with E-state index in [1.807, 2.05) is 24.3 Å². The Morgan fingerprint density at radius 3 is 2.96 bits per heavy atom. The SMILES string of the molecule is COC[C@@H]1[C@H](NC(=O)Cc2cccc3ccccc23)[C@@H]2CCO[C@H]12. The Labute approximate surface area is 142 Å². The first-order valence-electron chi connectivity index (χ1n) is 8.64. The van der Waals surface area contributed by atoms with Crippen LogP contribution in [-0.2, 0) is 20.7 Å². The maximum atomic E-state index is 12.6. The summed E-state index contributed by atoms with van der Waals surface area (Å²) in [6.07, 6.45) is 1.70. The Hall–Kier alpha value is -1.91. The van der Waals surface area contributed by atoms with Gasteiger partial charge in [-0.3, -0.25) is 4.79 Å². The largest absolute Gasteiger partial charge is 0.384 e. The molecule has 0 unspecified atom stereocenters. The molecular weight excluding hydrogens is 302 g/mol. The van der Waals surface area contributed by atoms with Crippen molar-refractivity contribution in [3.8, 4) is 0 Å². The minimum atomic E-state index is 0.0859. The van der Waals surface area contributed by atoms with E-state index in [1.165, 1.54) is 5.39 Å². The van der Waals surface area contributed by atoms with E-state index in [2.05, 4.69) is 23.5 Å². The molecule has 1 saturated heterocycles. The third kappa shape index (κ3) is 2.70. The lowest BCUT2D eigenvalue weighted by Gasteiger charge is -2.47. The normalized spacial score (nSPS) is 28.4. The van der Waals surface area contributed by atoms with Crippen molar-refractivity contribution in [2.45, 2.75) is 25.0 Å². The van der Waals surface area contributed by atoms with Crippen LogP contribution in [0.3, 0.4) is 0 Å². The van der Waals surface area contributed by atoms with Crippen molar-refractivity contribution in [1.29, 1.82) is 0 Å². The first-order chi connectivity index (χ1) is 11.8. The number of carbonyl (C=O) groups excluding carboxylic acids is 1. The maximum Gasteiger partial charge on any atom is 0.224 e. The van der Waals surface area contributed by atoms with Crippen LogP contribution < -0.4 is 5.32 Å². The molecule has 1 aliphatic carbocycles. The van der Waals surface area contributed by atoms with Gasteiger partial charge in [0.15, 0.2) is 0 Å². The summed E-state index contributed by atoms with van der Waals surface area (Å²) in [5, 5.41) is 5.56. The van der Waals surface area contributed by atoms with Gasteiger partial charge in [-0.15, -0.1) is 0 Å². The number of amides is 1. The van der Waals surface area contributed by atoms with Crippen molar-refractivity contribution >= 4 is 16.7 Å². The molecule has 4 nitrogen and oxygen atoms in total. The van der Waals surface area contributed by atoms with Crippen LogP contribution in [0.5, 0.6) is 0 Å². The van der Waals surface area contributed by atoms with Gasteiger partial charge in [0.05, 0.1) is 19.1 Å². The van der Waals surface area contributed by atoms with E-state index in [4.69, 9.17) is 9.47 Å². The number of ether oxygens (including phenoxy) is 2. The van der Waals surface area contributed by atoms with Crippen LogP contribution in [0.15, 0.2) is 42.5 Å². The Kier molecular flexibility index (Phi) is 4.25. The van der Waals surface area contributed by atoms with Crippen molar-refractivity contribution in [3.63, 3.8) is 0 Å². The van der Waals surface area contributed by atoms with Gasteiger partial charge in [0.25, 0.3) is 0 Å². The highest BCUT2D eigenvalue weighted by molar-refractivity contribution is 5.90. The predicted molar refractivity (Wildman–Crippen MR) is 92.8 cm³/mol. The summed E-state index contributed by atoms with van der Waals surface area (Å²) in [4.78, 5) is 12.6. The van der Waals surface area contributed by atoms with Gasteiger partial charge in [-0.05, 0) is 22.8 Å². The molecule has 2 aromatic rings. The fourth-order valence-corrected chi connectivity index (χ4v) is 4.29. The van der Waals surface area contributed by atoms with Crippen LogP contribution in [-0.4, -0.2) is 38.4 Å². The first kappa shape index (κ1) is 15.6. The molecule has 0 radical (unpaired) electrons. The van der Waals surface area contributed by atoms with Gasteiger partial charge in [-0.1, -0.05) is 42.5 Å². The molecule has 4 atom stereocenters. The third-order valence-corrected chi connectivity index (χ3v) is 5.45. The highest BCUT2D eigenvalue weighted by Gasteiger charge is 2.54. The second kappa shape index (κ2) is 6.54. The average molecular weight is 325 g/mol. The number of benzene rings is 2. The number of fused-ring (bicyclic) bond motifs is 2. The summed E-state index contributed by atoms with van der Waals surface area (Å²) in [5.74, 6) is 0.809. The molecule has 1 saturated carbocycles. The number of hydrogen-bond acceptors (Lipinski definition) is 3. The molecule has 24 heavy (non-hydrogen) atoms. The van der Waals surface area contributed by atoms with Gasteiger partial charge >= 0.3 is 0 Å². The van der Waals surface area contributed by atoms with Crippen LogP contribution >= 0.6 is 0 Å². The van der Waals surface area contributed by atoms with Gasteiger partial charge < -0.3 is 14.8 Å². The Morgan fingerprint density at radius 2 is 2.08 bits per heavy atom. The zero-order valence-electron chi connectivity index (χ0n) is 13.9. The van der Waals surface area contributed by atoms with Crippen molar-refractivity contribution in [1.82, 2.24) is 5.32 Å². The molecule has 1 aliphatic heterocycles. The molecule has 0 aromatic heterocycles. The fourth-order valence-electron chi connectivity index (χ4n) is 4.29. The molecule has 126 valence electrons. The molecule has 4 heteroatoms. The lowest BCUT2D eigenvalue weighted by atomic mass is 9.67. The van der Waals surface area contributed by atoms with Gasteiger partial charge in [-0.25, -0.2) is 0 Å². The summed E-state index contributed by atoms with van der Waals surface area (Å²) in [5.41, 5.74) is 1.08. The monoisotopic (exact) mass is 325 g/mol. The molecule has 0 bridgehead atoms. The molecule has 1 amide bonds. The lowest BCUT2D eigenvalue weighted by Crippen LogP contribution is -2.62. The zero-order valence-corrected chi connectivity index (χ0v) is 13.9. The quantitative estimate of drug-likeness (QED) is 0.919. The Bertz CT molecular complexity index is 739. The summed E-state index contributed by atoms with van der Waals surface area (Å²) < 4.78 is 11.1. The number of methoxy groups -OCH3 is 1. The molecule has 1 heterocycles. The van der Waals surface area contributed by atoms with E-state index in [1.54, 1.807) is 7.11 Å². The molecule has 4 rings (SSSR count). The van der Waals surface area contributed by atoms with Gasteiger partial charge in [0, 0.05) is 31.6 Å². The van der Waals surface area contributed by atoms with E-state index >= 15 is 0 Å². The molecule has 0 spiro atoms. The predicted octanol–water partition coefficient (Wildman–Crippen LogP) is 2.55. The van der Waals surface area contributed by atoms with Crippen LogP contribution in [0.25, 0.3) is 10.8 Å². The van der Waals surface area contributed by atoms with Gasteiger partial charge in [-0.2, -0.15) is 0 Å². The smallest absolute Gasteiger partial charge is 0.224 e. The van der Waals surface area contributed by atoms with Crippen molar-refractivity contribution < 1.29 is 14.3 Å². The summed E-state index contributed by atoms with van der Waals surface area (Å²) in [6, 6.07) is 14.5. The van der Waals surface area contributed by atoms with Crippen molar-refractivity contribution in [3.05, 3.63) is 48.0 Å². The molecular formula is C20H23NO3. The average Bonchev–Trinajstić information content (AvgIpc) is 3.02. The standard InChI is InChI=1S/C20H23NO3/c1-23-12-17-19(16-9-10-24-20(16)17)21-18(22)11-14-7-4-6-13-5-2-3-8-15(13)14/h2-8,16-17,19-20H,9-12H2,1H3,(H,21,22)/t16-,17+,19+,20-/m0/s1. The van der Waals surface area contributed by atoms with Crippen molar-refractivity contribution in [2.75, 3.05) is 20.3 Å². The fraction of sp³-hybridized carbons (Fsp3) is 0.450. The minimum absolute atomic E-state index is 0.0859. The topological polar surface area (TPSA) is 47.6 Å². The Balaban J connectivity index is 1.46. The third-order valence-electron chi connectivity index (χ3n) is 5.45. The van der Waals surface area contributed by atoms with Crippen molar-refractivity contribution in [2.24, 2.45) is 11.8 Å². The highest BCUT2D eigenvalue weighted by Crippen LogP contribution is 2.43. The van der Waals surface area contributed by atoms with Crippen LogP contribution in [0, 0.1) is 11.8 Å². The molecule has 2 aliphatic rings. The number of rotatable bonds is 5. The van der Waals surface area contributed by atoms with E-state index in [0.29, 0.717) is 18.9 Å². The molecule has 2 fully saturated rings. The number of hydrogen-bond donors (Lipinski definition) is 1. The number of nitrogens with one attached hydrogen (secondary N) is 1. The van der Waals surface area contributed by atoms with Gasteiger partial charge in [0.2, 0.25) is 5.91 Å². The molecule has 1 N–H and O–H groups in total. The van der Waals surface area contributed by atoms with Gasteiger partial charge in [0.1, 0.15) is 0 Å². The van der Waals surface area contributed by atoms with Crippen LogP contribution in [0.1, 0.15) is 12.0 Å². The summed E-state index contributed by atoms with van der Waals surface area (Å²) >= 11 is 0. The zero-order chi connectivity index (χ0) is 16.5. The molecule has 2 aromatic carbocycles. The highest BCUT2D eigenvalue weighted by atomic mass is 16.5. The second-order valence-electron chi connectivity index (χ2n) is 6.82. The maximum absolute atomic E-state index is 12.6. The van der Waals surface area contributed by atoms with Crippen LogP contribution in [0.2, 0.25) is 0 Å². The first-order valence-corrected chi connectivity index (χ1v) is 8.64. The minimum Gasteiger partial charge on any atom is -0.384 e. The Morgan fingerprint density at radius 1 is 1.25 bits per heavy atom. The summed E-state index contributed by atoms with van der Waals surface area (Å²) in [7, 11) is 1.71. The van der Waals surface area contributed by atoms with E-state index < -0.39 is 0 Å². The lowest BCUT2D eigenvalue weighted by molar-refractivity contribution is -0.129. The van der Waals surface area contributed by atoms with E-state index in [0.717, 1.165) is 24.0 Å². The number of carbonyl (C=O) groups is 1. The van der Waals surface area contributed by atoms with E-state index in [-0.39, 0.29) is 24.0 Å². The second-order valence-corrected chi connectivity index (χ2v) is 6.82. The summed E-state index contributed by atoms with van der Waals surface area (Å²) in [6.45, 7) is 1.44. The van der Waals surface area contributed by atoms with E-state index in [9.17, 15) is 4.79 Å². The van der Waals surface area contributed by atoms with Crippen LogP contribution in [0.4, 0.5) is 0 Å².